The van der Waals surface area contributed by atoms with Crippen LogP contribution in [0.25, 0.3) is 0 Å². The minimum absolute atomic E-state index is 0.0339. The average Bonchev–Trinajstić information content (AvgIpc) is 2.94. The number of nitrogens with zero attached hydrogens (tertiary/aromatic N) is 3. The molecular weight excluding hydrogens is 315 g/mol. The number of carbonyl (C=O) groups is 1. The molecule has 0 fully saturated rings. The summed E-state index contributed by atoms with van der Waals surface area (Å²) in [5, 5.41) is 10.2. The quantitative estimate of drug-likeness (QED) is 0.791. The first-order valence-electron chi connectivity index (χ1n) is 7.08. The fourth-order valence-electron chi connectivity index (χ4n) is 2.10. The highest BCUT2D eigenvalue weighted by Gasteiger charge is 2.12. The second kappa shape index (κ2) is 6.45. The van der Waals surface area contributed by atoms with Crippen molar-refractivity contribution in [2.24, 2.45) is 0 Å². The van der Waals surface area contributed by atoms with Crippen molar-refractivity contribution in [1.82, 2.24) is 14.9 Å². The zero-order valence-corrected chi connectivity index (χ0v) is 12.7. The first-order valence-corrected chi connectivity index (χ1v) is 7.08. The van der Waals surface area contributed by atoms with Crippen molar-refractivity contribution in [3.63, 3.8) is 0 Å². The van der Waals surface area contributed by atoms with Crippen LogP contribution in [0.15, 0.2) is 51.8 Å². The Morgan fingerprint density at radius 1 is 1.29 bits per heavy atom. The van der Waals surface area contributed by atoms with Gasteiger partial charge in [0.05, 0.1) is 6.54 Å². The Balaban J connectivity index is 1.83. The standard InChI is InChI=1S/C16H13FN4O3/c1-10-7-14(20-24-10)18-16(23)13-5-6-15(22)21(19-13)9-11-3-2-4-12(17)8-11/h2-8H,9H2,1H3,(H,18,20,23). The smallest absolute Gasteiger partial charge is 0.277 e. The molecule has 2 heterocycles. The zero-order valence-electron chi connectivity index (χ0n) is 12.7. The lowest BCUT2D eigenvalue weighted by Crippen LogP contribution is -2.26. The molecule has 3 aromatic rings. The second-order valence-electron chi connectivity index (χ2n) is 5.12. The summed E-state index contributed by atoms with van der Waals surface area (Å²) in [5.41, 5.74) is 0.203. The fourth-order valence-corrected chi connectivity index (χ4v) is 2.10. The molecule has 122 valence electrons. The lowest BCUT2D eigenvalue weighted by atomic mass is 10.2. The molecule has 0 radical (unpaired) electrons. The van der Waals surface area contributed by atoms with Gasteiger partial charge >= 0.3 is 0 Å². The van der Waals surface area contributed by atoms with Gasteiger partial charge in [0.2, 0.25) is 0 Å². The summed E-state index contributed by atoms with van der Waals surface area (Å²) in [6.45, 7) is 1.75. The number of aromatic nitrogens is 3. The third kappa shape index (κ3) is 3.54. The maximum Gasteiger partial charge on any atom is 0.277 e. The van der Waals surface area contributed by atoms with E-state index in [1.807, 2.05) is 0 Å². The van der Waals surface area contributed by atoms with E-state index in [1.54, 1.807) is 25.1 Å². The first-order chi connectivity index (χ1) is 11.5. The maximum absolute atomic E-state index is 13.2. The van der Waals surface area contributed by atoms with E-state index in [4.69, 9.17) is 4.52 Å². The Kier molecular flexibility index (Phi) is 4.19. The van der Waals surface area contributed by atoms with Crippen LogP contribution >= 0.6 is 0 Å². The van der Waals surface area contributed by atoms with Gasteiger partial charge in [-0.15, -0.1) is 0 Å². The van der Waals surface area contributed by atoms with Crippen molar-refractivity contribution in [3.8, 4) is 0 Å². The first kappa shape index (κ1) is 15.6. The van der Waals surface area contributed by atoms with E-state index in [0.29, 0.717) is 11.3 Å². The van der Waals surface area contributed by atoms with Crippen molar-refractivity contribution >= 4 is 11.7 Å². The average molecular weight is 328 g/mol. The number of hydrogen-bond donors (Lipinski definition) is 1. The summed E-state index contributed by atoms with van der Waals surface area (Å²) in [6.07, 6.45) is 0. The van der Waals surface area contributed by atoms with E-state index in [2.05, 4.69) is 15.6 Å². The SMILES string of the molecule is Cc1cc(NC(=O)c2ccc(=O)n(Cc3cccc(F)c3)n2)no1. The minimum atomic E-state index is -0.531. The van der Waals surface area contributed by atoms with Crippen LogP contribution in [0.4, 0.5) is 10.2 Å². The van der Waals surface area contributed by atoms with E-state index >= 15 is 0 Å². The lowest BCUT2D eigenvalue weighted by Gasteiger charge is -2.07. The topological polar surface area (TPSA) is 90.0 Å². The van der Waals surface area contributed by atoms with Crippen LogP contribution in [0.1, 0.15) is 21.8 Å². The molecule has 0 saturated carbocycles. The molecular formula is C16H13FN4O3. The summed E-state index contributed by atoms with van der Waals surface area (Å²) in [7, 11) is 0. The highest BCUT2D eigenvalue weighted by Crippen LogP contribution is 2.09. The Hall–Kier alpha value is -3.29. The Morgan fingerprint density at radius 2 is 2.12 bits per heavy atom. The molecule has 1 amide bonds. The largest absolute Gasteiger partial charge is 0.360 e. The molecule has 0 saturated heterocycles. The molecule has 0 aliphatic heterocycles. The molecule has 0 atom stereocenters. The molecule has 3 rings (SSSR count). The number of nitrogens with one attached hydrogen (secondary N) is 1. The summed E-state index contributed by atoms with van der Waals surface area (Å²) in [6, 6.07) is 9.92. The van der Waals surface area contributed by atoms with Gasteiger partial charge in [-0.05, 0) is 30.7 Å². The molecule has 2 aromatic heterocycles. The predicted octanol–water partition coefficient (Wildman–Crippen LogP) is 1.98. The molecule has 24 heavy (non-hydrogen) atoms. The lowest BCUT2D eigenvalue weighted by molar-refractivity contribution is 0.101. The molecule has 0 aliphatic carbocycles. The van der Waals surface area contributed by atoms with Gasteiger partial charge in [0.15, 0.2) is 5.82 Å². The molecule has 7 nitrogen and oxygen atoms in total. The van der Waals surface area contributed by atoms with E-state index < -0.39 is 17.3 Å². The molecule has 8 heteroatoms. The van der Waals surface area contributed by atoms with Gasteiger partial charge < -0.3 is 9.84 Å². The van der Waals surface area contributed by atoms with Crippen LogP contribution < -0.4 is 10.9 Å². The zero-order chi connectivity index (χ0) is 17.1. The highest BCUT2D eigenvalue weighted by atomic mass is 19.1. The van der Waals surface area contributed by atoms with Gasteiger partial charge in [0.25, 0.3) is 11.5 Å². The number of halogens is 1. The fraction of sp³-hybridized carbons (Fsp3) is 0.125. The van der Waals surface area contributed by atoms with Gasteiger partial charge in [-0.25, -0.2) is 9.07 Å². The number of benzene rings is 1. The normalized spacial score (nSPS) is 10.6. The number of amides is 1. The number of aryl methyl sites for hydroxylation is 1. The van der Waals surface area contributed by atoms with Crippen molar-refractivity contribution in [1.29, 1.82) is 0 Å². The summed E-state index contributed by atoms with van der Waals surface area (Å²) in [5.74, 6) is -0.136. The molecule has 0 aliphatic rings. The number of hydrogen-bond acceptors (Lipinski definition) is 5. The van der Waals surface area contributed by atoms with Crippen LogP contribution in [0.3, 0.4) is 0 Å². The van der Waals surface area contributed by atoms with E-state index in [1.165, 1.54) is 24.3 Å². The molecule has 1 N–H and O–H groups in total. The Morgan fingerprint density at radius 3 is 2.83 bits per heavy atom. The van der Waals surface area contributed by atoms with Gasteiger partial charge in [0.1, 0.15) is 17.3 Å². The second-order valence-corrected chi connectivity index (χ2v) is 5.12. The van der Waals surface area contributed by atoms with Crippen LogP contribution in [0.2, 0.25) is 0 Å². The van der Waals surface area contributed by atoms with Crippen molar-refractivity contribution in [3.05, 3.63) is 75.7 Å². The molecule has 0 bridgehead atoms. The summed E-state index contributed by atoms with van der Waals surface area (Å²) >= 11 is 0. The van der Waals surface area contributed by atoms with Gasteiger partial charge in [-0.2, -0.15) is 5.10 Å². The van der Waals surface area contributed by atoms with E-state index in [0.717, 1.165) is 4.68 Å². The third-order valence-corrected chi connectivity index (χ3v) is 3.19. The third-order valence-electron chi connectivity index (χ3n) is 3.19. The summed E-state index contributed by atoms with van der Waals surface area (Å²) < 4.78 is 19.2. The van der Waals surface area contributed by atoms with Crippen molar-refractivity contribution in [2.45, 2.75) is 13.5 Å². The Bertz CT molecular complexity index is 948. The molecule has 0 unspecified atom stereocenters. The van der Waals surface area contributed by atoms with Crippen LogP contribution in [-0.4, -0.2) is 20.8 Å². The Labute approximate surface area is 135 Å². The predicted molar refractivity (Wildman–Crippen MR) is 83.2 cm³/mol. The van der Waals surface area contributed by atoms with Crippen molar-refractivity contribution < 1.29 is 13.7 Å². The monoisotopic (exact) mass is 328 g/mol. The van der Waals surface area contributed by atoms with E-state index in [-0.39, 0.29) is 18.1 Å². The van der Waals surface area contributed by atoms with Crippen molar-refractivity contribution in [2.75, 3.05) is 5.32 Å². The number of rotatable bonds is 4. The van der Waals surface area contributed by atoms with Gasteiger partial charge in [-0.3, -0.25) is 9.59 Å². The van der Waals surface area contributed by atoms with Gasteiger partial charge in [-0.1, -0.05) is 17.3 Å². The highest BCUT2D eigenvalue weighted by molar-refractivity contribution is 6.02. The molecule has 1 aromatic carbocycles. The summed E-state index contributed by atoms with van der Waals surface area (Å²) in [4.78, 5) is 24.1. The maximum atomic E-state index is 13.2. The minimum Gasteiger partial charge on any atom is -0.360 e. The van der Waals surface area contributed by atoms with Crippen LogP contribution in [0.5, 0.6) is 0 Å². The molecule has 0 spiro atoms. The number of carbonyl (C=O) groups excluding carboxylic acids is 1. The van der Waals surface area contributed by atoms with Crippen LogP contribution in [-0.2, 0) is 6.54 Å². The number of anilines is 1. The van der Waals surface area contributed by atoms with E-state index in [9.17, 15) is 14.0 Å². The van der Waals surface area contributed by atoms with Crippen LogP contribution in [0, 0.1) is 12.7 Å². The van der Waals surface area contributed by atoms with Gasteiger partial charge in [0, 0.05) is 12.1 Å².